The molecule has 1 heterocycles. The Morgan fingerprint density at radius 1 is 0.886 bits per heavy atom. The maximum atomic E-state index is 13.2. The van der Waals surface area contributed by atoms with Gasteiger partial charge in [-0.15, -0.1) is 0 Å². The van der Waals surface area contributed by atoms with Gasteiger partial charge in [0.05, 0.1) is 12.6 Å². The molecule has 0 fully saturated rings. The molecule has 3 aromatic carbocycles. The van der Waals surface area contributed by atoms with Crippen LogP contribution in [-0.4, -0.2) is 29.5 Å². The van der Waals surface area contributed by atoms with Crippen molar-refractivity contribution in [2.45, 2.75) is 13.8 Å². The van der Waals surface area contributed by atoms with Crippen LogP contribution in [0.15, 0.2) is 66.7 Å². The Morgan fingerprint density at radius 2 is 1.69 bits per heavy atom. The summed E-state index contributed by atoms with van der Waals surface area (Å²) in [6.07, 6.45) is 0. The third-order valence-electron chi connectivity index (χ3n) is 5.37. The summed E-state index contributed by atoms with van der Waals surface area (Å²) in [5.41, 5.74) is 6.14. The van der Waals surface area contributed by atoms with Crippen LogP contribution in [0, 0.1) is 13.8 Å². The minimum absolute atomic E-state index is 0.129. The third-order valence-corrected chi connectivity index (χ3v) is 5.61. The summed E-state index contributed by atoms with van der Waals surface area (Å²) in [5, 5.41) is 6.48. The molecule has 0 aliphatic rings. The molecule has 35 heavy (non-hydrogen) atoms. The van der Waals surface area contributed by atoms with Crippen molar-refractivity contribution in [2.75, 3.05) is 23.2 Å². The van der Waals surface area contributed by atoms with Gasteiger partial charge in [0, 0.05) is 27.8 Å². The molecule has 8 nitrogen and oxygen atoms in total. The predicted molar refractivity (Wildman–Crippen MR) is 137 cm³/mol. The smallest absolute Gasteiger partial charge is 0.328 e. The average Bonchev–Trinajstić information content (AvgIpc) is 3.18. The van der Waals surface area contributed by atoms with E-state index in [2.05, 4.69) is 16.1 Å². The number of hydrogen-bond donors (Lipinski definition) is 3. The summed E-state index contributed by atoms with van der Waals surface area (Å²) in [6, 6.07) is 18.8. The Balaban J connectivity index is 1.62. The van der Waals surface area contributed by atoms with Crippen LogP contribution in [0.1, 0.15) is 21.6 Å². The van der Waals surface area contributed by atoms with E-state index in [9.17, 15) is 14.4 Å². The van der Waals surface area contributed by atoms with Crippen molar-refractivity contribution in [3.05, 3.63) is 88.6 Å². The van der Waals surface area contributed by atoms with Crippen LogP contribution in [0.3, 0.4) is 0 Å². The molecule has 0 bridgehead atoms. The molecule has 4 rings (SSSR count). The number of nitrogens with one attached hydrogen (secondary N) is 3. The molecular formula is C26H23ClN4O4. The molecule has 0 spiro atoms. The topological polar surface area (TPSA) is 101 Å². The molecule has 1 aromatic heterocycles. The van der Waals surface area contributed by atoms with Gasteiger partial charge in [0.25, 0.3) is 5.91 Å². The number of carbonyl (C=O) groups excluding carboxylic acids is 3. The van der Waals surface area contributed by atoms with Crippen molar-refractivity contribution < 1.29 is 19.1 Å². The molecule has 0 aliphatic heterocycles. The zero-order valence-electron chi connectivity index (χ0n) is 19.3. The van der Waals surface area contributed by atoms with Gasteiger partial charge < -0.3 is 15.4 Å². The highest BCUT2D eigenvalue weighted by Crippen LogP contribution is 2.24. The Bertz CT molecular complexity index is 1460. The number of halogens is 1. The average molecular weight is 491 g/mol. The van der Waals surface area contributed by atoms with Gasteiger partial charge in [-0.1, -0.05) is 35.4 Å². The van der Waals surface area contributed by atoms with E-state index < -0.39 is 17.7 Å². The molecule has 0 saturated carbocycles. The van der Waals surface area contributed by atoms with E-state index in [1.807, 2.05) is 32.0 Å². The highest BCUT2D eigenvalue weighted by atomic mass is 35.5. The van der Waals surface area contributed by atoms with Crippen molar-refractivity contribution in [1.29, 1.82) is 0 Å². The van der Waals surface area contributed by atoms with E-state index in [0.29, 0.717) is 33.0 Å². The van der Waals surface area contributed by atoms with Crippen LogP contribution in [-0.2, 0) is 9.59 Å². The first kappa shape index (κ1) is 23.8. The van der Waals surface area contributed by atoms with Crippen molar-refractivity contribution in [3.63, 3.8) is 0 Å². The van der Waals surface area contributed by atoms with Crippen LogP contribution in [0.5, 0.6) is 5.75 Å². The van der Waals surface area contributed by atoms with Gasteiger partial charge in [-0.2, -0.15) is 0 Å². The maximum absolute atomic E-state index is 13.2. The fourth-order valence-electron chi connectivity index (χ4n) is 3.65. The number of hydrogen-bond acceptors (Lipinski definition) is 4. The lowest BCUT2D eigenvalue weighted by Crippen LogP contribution is -2.36. The summed E-state index contributed by atoms with van der Waals surface area (Å²) in [5.74, 6) is -1.80. The zero-order valence-corrected chi connectivity index (χ0v) is 20.1. The zero-order chi connectivity index (χ0) is 25.1. The van der Waals surface area contributed by atoms with E-state index >= 15 is 0 Å². The number of fused-ring (bicyclic) bond motifs is 1. The number of methoxy groups -OCH3 is 1. The Kier molecular flexibility index (Phi) is 6.75. The maximum Gasteiger partial charge on any atom is 0.328 e. The number of aryl methyl sites for hydroxylation is 2. The predicted octanol–water partition coefficient (Wildman–Crippen LogP) is 4.88. The first-order valence-electron chi connectivity index (χ1n) is 10.7. The molecule has 4 aromatic rings. The Labute approximate surface area is 206 Å². The first-order chi connectivity index (χ1) is 16.7. The number of ether oxygens (including phenoxy) is 1. The number of carbonyl (C=O) groups is 3. The molecule has 0 aliphatic carbocycles. The molecule has 0 saturated heterocycles. The van der Waals surface area contributed by atoms with Crippen molar-refractivity contribution in [1.82, 2.24) is 4.68 Å². The fourth-order valence-corrected chi connectivity index (χ4v) is 3.84. The lowest BCUT2D eigenvalue weighted by Gasteiger charge is -2.14. The van der Waals surface area contributed by atoms with Crippen LogP contribution >= 0.6 is 11.6 Å². The van der Waals surface area contributed by atoms with Crippen molar-refractivity contribution in [2.24, 2.45) is 0 Å². The third kappa shape index (κ3) is 5.28. The lowest BCUT2D eigenvalue weighted by atomic mass is 10.1. The number of benzene rings is 3. The normalized spacial score (nSPS) is 10.6. The van der Waals surface area contributed by atoms with Crippen LogP contribution in [0.4, 0.5) is 11.4 Å². The first-order valence-corrected chi connectivity index (χ1v) is 11.1. The molecule has 178 valence electrons. The minimum atomic E-state index is -0.958. The van der Waals surface area contributed by atoms with Gasteiger partial charge in [0.2, 0.25) is 0 Å². The Hall–Kier alpha value is -4.30. The lowest BCUT2D eigenvalue weighted by molar-refractivity contribution is -0.133. The van der Waals surface area contributed by atoms with Gasteiger partial charge >= 0.3 is 11.8 Å². The summed E-state index contributed by atoms with van der Waals surface area (Å²) < 4.78 is 6.41. The molecule has 9 heteroatoms. The number of amides is 3. The second-order valence-corrected chi connectivity index (χ2v) is 8.40. The molecule has 0 unspecified atom stereocenters. The second-order valence-electron chi connectivity index (χ2n) is 7.97. The van der Waals surface area contributed by atoms with Gasteiger partial charge in [-0.3, -0.25) is 19.8 Å². The molecule has 3 amide bonds. The van der Waals surface area contributed by atoms with Gasteiger partial charge in [0.15, 0.2) is 0 Å². The number of aromatic nitrogens is 1. The summed E-state index contributed by atoms with van der Waals surface area (Å²) in [7, 11) is 1.50. The van der Waals surface area contributed by atoms with Gasteiger partial charge in [-0.05, 0) is 61.9 Å². The summed E-state index contributed by atoms with van der Waals surface area (Å²) >= 11 is 6.12. The fraction of sp³-hybridized carbons (Fsp3) is 0.115. The highest BCUT2D eigenvalue weighted by molar-refractivity contribution is 6.42. The molecule has 3 N–H and O–H groups in total. The number of rotatable bonds is 5. The van der Waals surface area contributed by atoms with Crippen LogP contribution in [0.25, 0.3) is 10.9 Å². The standard InChI is InChI=1S/C26H23ClN4O4/c1-15-7-9-21(16(2)11-15)29-24(32)23-13-17-12-18(27)8-10-22(17)31(23)30-26(34)25(33)28-19-5-4-6-20(14-19)35-3/h4-14H,1-3H3,(H,28,33)(H,29,32)(H,30,34). The molecule has 0 atom stereocenters. The van der Waals surface area contributed by atoms with E-state index in [-0.39, 0.29) is 5.69 Å². The monoisotopic (exact) mass is 490 g/mol. The van der Waals surface area contributed by atoms with E-state index in [4.69, 9.17) is 16.3 Å². The van der Waals surface area contributed by atoms with Crippen LogP contribution < -0.4 is 20.8 Å². The largest absolute Gasteiger partial charge is 0.497 e. The van der Waals surface area contributed by atoms with E-state index in [1.165, 1.54) is 11.8 Å². The summed E-state index contributed by atoms with van der Waals surface area (Å²) in [6.45, 7) is 3.86. The molecular weight excluding hydrogens is 468 g/mol. The second kappa shape index (κ2) is 9.90. The van der Waals surface area contributed by atoms with Crippen molar-refractivity contribution >= 4 is 51.6 Å². The van der Waals surface area contributed by atoms with Gasteiger partial charge in [-0.25, -0.2) is 4.68 Å². The quantitative estimate of drug-likeness (QED) is 0.347. The molecule has 0 radical (unpaired) electrons. The Morgan fingerprint density at radius 3 is 2.43 bits per heavy atom. The van der Waals surface area contributed by atoms with Gasteiger partial charge in [0.1, 0.15) is 11.4 Å². The van der Waals surface area contributed by atoms with Crippen molar-refractivity contribution in [3.8, 4) is 5.75 Å². The summed E-state index contributed by atoms with van der Waals surface area (Å²) in [4.78, 5) is 38.6. The van der Waals surface area contributed by atoms with E-state index in [1.54, 1.807) is 48.5 Å². The van der Waals surface area contributed by atoms with Crippen LogP contribution in [0.2, 0.25) is 5.02 Å². The SMILES string of the molecule is COc1cccc(NC(=O)C(=O)Nn2c(C(=O)Nc3ccc(C)cc3C)cc3cc(Cl)ccc32)c1. The number of anilines is 2. The van der Waals surface area contributed by atoms with E-state index in [0.717, 1.165) is 11.1 Å². The minimum Gasteiger partial charge on any atom is -0.497 e. The highest BCUT2D eigenvalue weighted by Gasteiger charge is 2.21. The number of nitrogens with zero attached hydrogens (tertiary/aromatic N) is 1.